The zero-order valence-electron chi connectivity index (χ0n) is 24.1. The van der Waals surface area contributed by atoms with Gasteiger partial charge in [0, 0.05) is 44.1 Å². The maximum absolute atomic E-state index is 13.8. The second kappa shape index (κ2) is 12.8. The molecule has 1 aromatic heterocycles. The van der Waals surface area contributed by atoms with E-state index in [4.69, 9.17) is 14.2 Å². The minimum Gasteiger partial charge on any atom is -0.444 e. The molecule has 3 aliphatic rings. The highest BCUT2D eigenvalue weighted by Crippen LogP contribution is 2.36. The van der Waals surface area contributed by atoms with Gasteiger partial charge in [-0.1, -0.05) is 19.1 Å². The lowest BCUT2D eigenvalue weighted by atomic mass is 9.89. The quantitative estimate of drug-likeness (QED) is 0.429. The molecule has 2 N–H and O–H groups in total. The average molecular weight is 612 g/mol. The molecule has 1 unspecified atom stereocenters. The van der Waals surface area contributed by atoms with E-state index in [1.807, 2.05) is 18.7 Å². The number of aromatic nitrogens is 3. The number of rotatable bonds is 8. The van der Waals surface area contributed by atoms with Gasteiger partial charge in [-0.05, 0) is 25.0 Å². The molecule has 3 aliphatic heterocycles. The van der Waals surface area contributed by atoms with E-state index < -0.39 is 66.7 Å². The Morgan fingerprint density at radius 2 is 1.84 bits per heavy atom. The first-order valence-corrected chi connectivity index (χ1v) is 14.3. The van der Waals surface area contributed by atoms with Crippen LogP contribution in [0.2, 0.25) is 0 Å². The molecule has 0 aliphatic carbocycles. The summed E-state index contributed by atoms with van der Waals surface area (Å²) >= 11 is 0. The Morgan fingerprint density at radius 3 is 2.44 bits per heavy atom. The summed E-state index contributed by atoms with van der Waals surface area (Å²) in [6.45, 7) is 4.59. The summed E-state index contributed by atoms with van der Waals surface area (Å²) in [5, 5.41) is 29.0. The predicted molar refractivity (Wildman–Crippen MR) is 143 cm³/mol. The number of amides is 2. The van der Waals surface area contributed by atoms with E-state index in [-0.39, 0.29) is 35.5 Å². The molecule has 4 heterocycles. The van der Waals surface area contributed by atoms with Crippen molar-refractivity contribution in [2.24, 2.45) is 5.92 Å². The lowest BCUT2D eigenvalue weighted by molar-refractivity contribution is -0.217. The number of piperidine rings is 1. The molecule has 2 aromatic rings. The van der Waals surface area contributed by atoms with Crippen LogP contribution in [0.15, 0.2) is 18.3 Å². The summed E-state index contributed by atoms with van der Waals surface area (Å²) < 4.78 is 59.8. The predicted octanol–water partition coefficient (Wildman–Crippen LogP) is 1.90. The molecule has 3 saturated heterocycles. The summed E-state index contributed by atoms with van der Waals surface area (Å²) in [4.78, 5) is 28.7. The van der Waals surface area contributed by atoms with Crippen LogP contribution in [0, 0.1) is 23.4 Å². The topological polar surface area (TPSA) is 139 Å². The molecule has 0 spiro atoms. The van der Waals surface area contributed by atoms with Crippen molar-refractivity contribution < 1.29 is 47.2 Å². The standard InChI is InChI=1S/C28H36F3N5O7/c1-14(2)27(39)34-6-4-16(5-7-34)35-11-17(42-28(35)40)10-21-26(41-3)24(25(38)22(13-37)43-21)36-12-20(32-33-36)15-8-18(29)23(31)19(30)9-15/h8-9,12,14,16-17,21-22,24-26,37-38H,4-7,10-11,13H2,1-3H3/t17?,21-,22-,24+,25+,26+/m1/s1. The first-order chi connectivity index (χ1) is 20.5. The second-order valence-electron chi connectivity index (χ2n) is 11.5. The summed E-state index contributed by atoms with van der Waals surface area (Å²) in [5.41, 5.74) is -0.0456. The summed E-state index contributed by atoms with van der Waals surface area (Å²) in [5.74, 6) is -4.39. The normalized spacial score (nSPS) is 28.5. The number of methoxy groups -OCH3 is 1. The van der Waals surface area contributed by atoms with E-state index in [2.05, 4.69) is 10.3 Å². The van der Waals surface area contributed by atoms with Gasteiger partial charge in [0.25, 0.3) is 0 Å². The molecule has 12 nitrogen and oxygen atoms in total. The number of carbonyl (C=O) groups is 2. The molecule has 15 heteroatoms. The van der Waals surface area contributed by atoms with Crippen molar-refractivity contribution in [2.45, 2.75) is 75.7 Å². The van der Waals surface area contributed by atoms with E-state index in [9.17, 15) is 33.0 Å². The Labute approximate surface area is 246 Å². The molecule has 6 atom stereocenters. The third-order valence-corrected chi connectivity index (χ3v) is 8.44. The number of ether oxygens (including phenoxy) is 3. The minimum atomic E-state index is -1.61. The number of carbonyl (C=O) groups excluding carboxylic acids is 2. The smallest absolute Gasteiger partial charge is 0.410 e. The van der Waals surface area contributed by atoms with Gasteiger partial charge in [-0.15, -0.1) is 5.10 Å². The molecule has 0 bridgehead atoms. The van der Waals surface area contributed by atoms with Crippen LogP contribution >= 0.6 is 0 Å². The third-order valence-electron chi connectivity index (χ3n) is 8.44. The first-order valence-electron chi connectivity index (χ1n) is 14.3. The van der Waals surface area contributed by atoms with Gasteiger partial charge in [-0.3, -0.25) is 4.79 Å². The molecule has 3 fully saturated rings. The van der Waals surface area contributed by atoms with Crippen molar-refractivity contribution in [1.29, 1.82) is 0 Å². The van der Waals surface area contributed by atoms with Gasteiger partial charge in [-0.2, -0.15) is 0 Å². The summed E-state index contributed by atoms with van der Waals surface area (Å²) in [7, 11) is 1.40. The Bertz CT molecular complexity index is 1300. The van der Waals surface area contributed by atoms with Crippen molar-refractivity contribution in [3.63, 3.8) is 0 Å². The molecular formula is C28H36F3N5O7. The Hall–Kier alpha value is -3.27. The highest BCUT2D eigenvalue weighted by atomic mass is 19.2. The lowest BCUT2D eigenvalue weighted by Gasteiger charge is -2.44. The maximum Gasteiger partial charge on any atom is 0.410 e. The first kappa shape index (κ1) is 31.2. The maximum atomic E-state index is 13.8. The SMILES string of the molecule is CO[C@@H]1[C@@H](n2cc(-c3cc(F)c(F)c(F)c3)nn2)[C@@H](O)[C@@H](CO)O[C@@H]1CC1CN(C2CCN(C(=O)C(C)C)CC2)C(=O)O1. The average Bonchev–Trinajstić information content (AvgIpc) is 3.62. The zero-order valence-corrected chi connectivity index (χ0v) is 24.1. The van der Waals surface area contributed by atoms with Gasteiger partial charge in [-0.25, -0.2) is 22.6 Å². The second-order valence-corrected chi connectivity index (χ2v) is 11.5. The molecule has 1 aromatic carbocycles. The van der Waals surface area contributed by atoms with Gasteiger partial charge >= 0.3 is 6.09 Å². The summed E-state index contributed by atoms with van der Waals surface area (Å²) in [6, 6.07) is 0.543. The fourth-order valence-corrected chi connectivity index (χ4v) is 6.20. The third kappa shape index (κ3) is 6.21. The van der Waals surface area contributed by atoms with Crippen LogP contribution in [0.5, 0.6) is 0 Å². The van der Waals surface area contributed by atoms with Crippen LogP contribution in [-0.4, -0.2) is 117 Å². The van der Waals surface area contributed by atoms with Crippen molar-refractivity contribution in [3.05, 3.63) is 35.8 Å². The molecule has 2 amide bonds. The number of hydrogen-bond acceptors (Lipinski definition) is 9. The van der Waals surface area contributed by atoms with E-state index in [0.717, 1.165) is 12.1 Å². The fourth-order valence-electron chi connectivity index (χ4n) is 6.20. The van der Waals surface area contributed by atoms with Crippen LogP contribution in [-0.2, 0) is 19.0 Å². The monoisotopic (exact) mass is 611 g/mol. The van der Waals surface area contributed by atoms with E-state index in [1.54, 1.807) is 4.90 Å². The fraction of sp³-hybridized carbons (Fsp3) is 0.643. The van der Waals surface area contributed by atoms with Crippen LogP contribution in [0.25, 0.3) is 11.3 Å². The van der Waals surface area contributed by atoms with Crippen LogP contribution in [0.3, 0.4) is 0 Å². The molecule has 43 heavy (non-hydrogen) atoms. The van der Waals surface area contributed by atoms with Crippen molar-refractivity contribution in [3.8, 4) is 11.3 Å². The Balaban J connectivity index is 1.29. The number of nitrogens with zero attached hydrogens (tertiary/aromatic N) is 5. The van der Waals surface area contributed by atoms with Gasteiger partial charge < -0.3 is 34.2 Å². The van der Waals surface area contributed by atoms with Crippen LogP contribution < -0.4 is 0 Å². The number of likely N-dealkylation sites (tertiary alicyclic amines) is 1. The molecule has 0 saturated carbocycles. The molecule has 236 valence electrons. The zero-order chi connectivity index (χ0) is 31.0. The Morgan fingerprint density at radius 1 is 1.16 bits per heavy atom. The van der Waals surface area contributed by atoms with Gasteiger partial charge in [0.15, 0.2) is 17.5 Å². The van der Waals surface area contributed by atoms with Gasteiger partial charge in [0.05, 0.1) is 25.5 Å². The molecule has 0 radical (unpaired) electrons. The Kier molecular flexibility index (Phi) is 9.25. The highest BCUT2D eigenvalue weighted by Gasteiger charge is 2.49. The van der Waals surface area contributed by atoms with Crippen LogP contribution in [0.4, 0.5) is 18.0 Å². The number of halogens is 3. The number of cyclic esters (lactones) is 1. The molecular weight excluding hydrogens is 575 g/mol. The number of aliphatic hydroxyl groups excluding tert-OH is 2. The lowest BCUT2D eigenvalue weighted by Crippen LogP contribution is -2.57. The largest absolute Gasteiger partial charge is 0.444 e. The van der Waals surface area contributed by atoms with E-state index in [1.165, 1.54) is 18.0 Å². The van der Waals surface area contributed by atoms with Crippen molar-refractivity contribution in [1.82, 2.24) is 24.8 Å². The van der Waals surface area contributed by atoms with Crippen molar-refractivity contribution >= 4 is 12.0 Å². The number of benzene rings is 1. The number of aliphatic hydroxyl groups is 2. The van der Waals surface area contributed by atoms with Gasteiger partial charge in [0.1, 0.15) is 36.2 Å². The van der Waals surface area contributed by atoms with E-state index in [0.29, 0.717) is 32.5 Å². The molecule has 5 rings (SSSR count). The van der Waals surface area contributed by atoms with Crippen molar-refractivity contribution in [2.75, 3.05) is 33.4 Å². The van der Waals surface area contributed by atoms with Crippen LogP contribution in [0.1, 0.15) is 39.2 Å². The summed E-state index contributed by atoms with van der Waals surface area (Å²) in [6.07, 6.45) is -2.22. The highest BCUT2D eigenvalue weighted by molar-refractivity contribution is 5.78. The van der Waals surface area contributed by atoms with E-state index >= 15 is 0 Å². The van der Waals surface area contributed by atoms with Gasteiger partial charge in [0.2, 0.25) is 5.91 Å². The minimum absolute atomic E-state index is 0.0185. The number of hydrogen-bond donors (Lipinski definition) is 2.